The number of anilines is 1. The second-order valence-corrected chi connectivity index (χ2v) is 6.11. The first-order valence-electron chi connectivity index (χ1n) is 5.47. The largest absolute Gasteiger partial charge is 0.334 e. The smallest absolute Gasteiger partial charge is 0.161 e. The Morgan fingerprint density at radius 1 is 1.47 bits per heavy atom. The van der Waals surface area contributed by atoms with Crippen LogP contribution in [0, 0.1) is 0 Å². The number of halogens is 2. The molecule has 2 rings (SSSR count). The van der Waals surface area contributed by atoms with Gasteiger partial charge in [-0.1, -0.05) is 41.9 Å². The topological polar surface area (TPSA) is 24.4 Å². The van der Waals surface area contributed by atoms with Crippen LogP contribution in [0.5, 0.6) is 0 Å². The van der Waals surface area contributed by atoms with E-state index in [0.29, 0.717) is 10.0 Å². The third-order valence-electron chi connectivity index (χ3n) is 2.83. The minimum absolute atomic E-state index is 0.0475. The molecule has 0 radical (unpaired) electrons. The molecule has 1 atom stereocenters. The molecule has 17 heavy (non-hydrogen) atoms. The van der Waals surface area contributed by atoms with Crippen molar-refractivity contribution in [2.45, 2.75) is 25.8 Å². The molecule has 1 aromatic rings. The number of nitrogens with zero attached hydrogens (tertiary/aromatic N) is 1. The molecule has 5 heteroatoms. The number of hydrogen-bond donors (Lipinski definition) is 1. The monoisotopic (exact) mass is 288 g/mol. The minimum atomic E-state index is 0.0475. The first kappa shape index (κ1) is 13.1. The number of thioether (sulfide) groups is 1. The molecule has 1 aliphatic heterocycles. The maximum Gasteiger partial charge on any atom is 0.161 e. The lowest BCUT2D eigenvalue weighted by molar-refractivity contribution is 0.523. The molecular weight excluding hydrogens is 275 g/mol. The van der Waals surface area contributed by atoms with Crippen LogP contribution in [0.4, 0.5) is 5.69 Å². The highest BCUT2D eigenvalue weighted by atomic mass is 35.5. The Labute approximate surface area is 116 Å². The quantitative estimate of drug-likeness (QED) is 0.855. The van der Waals surface area contributed by atoms with Crippen LogP contribution in [-0.2, 0) is 0 Å². The van der Waals surface area contributed by atoms with Crippen LogP contribution in [0.1, 0.15) is 20.3 Å². The first-order valence-corrected chi connectivity index (χ1v) is 7.21. The molecule has 0 bridgehead atoms. The van der Waals surface area contributed by atoms with Crippen LogP contribution in [0.25, 0.3) is 0 Å². The molecule has 0 aromatic heterocycles. The van der Waals surface area contributed by atoms with Crippen molar-refractivity contribution in [3.05, 3.63) is 28.2 Å². The highest BCUT2D eigenvalue weighted by molar-refractivity contribution is 8.14. The Morgan fingerprint density at radius 3 is 2.82 bits per heavy atom. The SMILES string of the molecule is CCC1(C)CSC(Nc2ccc(Cl)cc2Cl)=N1. The summed E-state index contributed by atoms with van der Waals surface area (Å²) in [5.41, 5.74) is 0.897. The second kappa shape index (κ2) is 5.09. The number of rotatable bonds is 2. The third-order valence-corrected chi connectivity index (χ3v) is 4.61. The Hall–Kier alpha value is -0.380. The molecule has 1 N–H and O–H groups in total. The predicted molar refractivity (Wildman–Crippen MR) is 78.7 cm³/mol. The molecule has 0 aliphatic carbocycles. The summed E-state index contributed by atoms with van der Waals surface area (Å²) in [6, 6.07) is 5.41. The molecular formula is C12H14Cl2N2S. The number of aliphatic imine (C=N–C) groups is 1. The lowest BCUT2D eigenvalue weighted by Crippen LogP contribution is -2.20. The van der Waals surface area contributed by atoms with Gasteiger partial charge in [-0.15, -0.1) is 0 Å². The van der Waals surface area contributed by atoms with E-state index in [4.69, 9.17) is 23.2 Å². The average molecular weight is 289 g/mol. The van der Waals surface area contributed by atoms with E-state index in [9.17, 15) is 0 Å². The van der Waals surface area contributed by atoms with Crippen LogP contribution in [0.15, 0.2) is 23.2 Å². The van der Waals surface area contributed by atoms with Gasteiger partial charge < -0.3 is 5.32 Å². The van der Waals surface area contributed by atoms with E-state index in [-0.39, 0.29) is 5.54 Å². The van der Waals surface area contributed by atoms with Crippen molar-refractivity contribution in [2.24, 2.45) is 4.99 Å². The van der Waals surface area contributed by atoms with Crippen molar-refractivity contribution in [3.63, 3.8) is 0 Å². The zero-order valence-electron chi connectivity index (χ0n) is 9.76. The fraction of sp³-hybridized carbons (Fsp3) is 0.417. The molecule has 0 amide bonds. The van der Waals surface area contributed by atoms with Crippen LogP contribution >= 0.6 is 35.0 Å². The zero-order chi connectivity index (χ0) is 12.5. The lowest BCUT2D eigenvalue weighted by atomic mass is 10.0. The fourth-order valence-corrected chi connectivity index (χ4v) is 3.12. The molecule has 1 unspecified atom stereocenters. The van der Waals surface area contributed by atoms with E-state index in [1.807, 2.05) is 12.1 Å². The van der Waals surface area contributed by atoms with Crippen molar-refractivity contribution < 1.29 is 0 Å². The zero-order valence-corrected chi connectivity index (χ0v) is 12.1. The van der Waals surface area contributed by atoms with Gasteiger partial charge in [-0.2, -0.15) is 0 Å². The maximum atomic E-state index is 6.10. The normalized spacial score (nSPS) is 23.6. The van der Waals surface area contributed by atoms with Gasteiger partial charge in [0.05, 0.1) is 16.2 Å². The van der Waals surface area contributed by atoms with Gasteiger partial charge in [-0.3, -0.25) is 4.99 Å². The van der Waals surface area contributed by atoms with Gasteiger partial charge in [0.1, 0.15) is 0 Å². The van der Waals surface area contributed by atoms with Gasteiger partial charge in [-0.25, -0.2) is 0 Å². The summed E-state index contributed by atoms with van der Waals surface area (Å²) >= 11 is 13.7. The van der Waals surface area contributed by atoms with Gasteiger partial charge in [0.25, 0.3) is 0 Å². The van der Waals surface area contributed by atoms with Gasteiger partial charge in [0.15, 0.2) is 5.17 Å². The van der Waals surface area contributed by atoms with Crippen molar-refractivity contribution in [2.75, 3.05) is 11.1 Å². The molecule has 1 aliphatic rings. The summed E-state index contributed by atoms with van der Waals surface area (Å²) in [7, 11) is 0. The molecule has 1 aromatic carbocycles. The van der Waals surface area contributed by atoms with Crippen molar-refractivity contribution in [1.29, 1.82) is 0 Å². The molecule has 92 valence electrons. The highest BCUT2D eigenvalue weighted by Gasteiger charge is 2.28. The van der Waals surface area contributed by atoms with Crippen LogP contribution in [-0.4, -0.2) is 16.5 Å². The first-order chi connectivity index (χ1) is 8.02. The standard InChI is InChI=1S/C12H14Cl2N2S/c1-3-12(2)7-17-11(16-12)15-10-5-4-8(13)6-9(10)14/h4-6H,3,7H2,1-2H3,(H,15,16). The summed E-state index contributed by atoms with van der Waals surface area (Å²) in [5.74, 6) is 1.01. The van der Waals surface area contributed by atoms with E-state index < -0.39 is 0 Å². The summed E-state index contributed by atoms with van der Waals surface area (Å²) < 4.78 is 0. The van der Waals surface area contributed by atoms with Gasteiger partial charge in [0.2, 0.25) is 0 Å². The molecule has 0 saturated heterocycles. The van der Waals surface area contributed by atoms with E-state index in [1.54, 1.807) is 17.8 Å². The fourth-order valence-electron chi connectivity index (χ4n) is 1.48. The van der Waals surface area contributed by atoms with E-state index in [1.165, 1.54) is 0 Å². The Balaban J connectivity index is 2.15. The van der Waals surface area contributed by atoms with E-state index >= 15 is 0 Å². The van der Waals surface area contributed by atoms with Crippen molar-refractivity contribution in [1.82, 2.24) is 0 Å². The molecule has 2 nitrogen and oxygen atoms in total. The number of hydrogen-bond acceptors (Lipinski definition) is 3. The maximum absolute atomic E-state index is 6.10. The summed E-state index contributed by atoms with van der Waals surface area (Å²) in [6.07, 6.45) is 1.04. The number of nitrogens with one attached hydrogen (secondary N) is 1. The third kappa shape index (κ3) is 3.09. The number of amidine groups is 1. The predicted octanol–water partition coefficient (Wildman–Crippen LogP) is 4.68. The van der Waals surface area contributed by atoms with Gasteiger partial charge in [-0.05, 0) is 31.5 Å². The van der Waals surface area contributed by atoms with Crippen LogP contribution in [0.2, 0.25) is 10.0 Å². The summed E-state index contributed by atoms with van der Waals surface area (Å²) in [5, 5.41) is 5.43. The van der Waals surface area contributed by atoms with E-state index in [2.05, 4.69) is 24.2 Å². The molecule has 0 saturated carbocycles. The molecule has 1 heterocycles. The van der Waals surface area contributed by atoms with Crippen molar-refractivity contribution >= 4 is 45.8 Å². The Kier molecular flexibility index (Phi) is 3.91. The second-order valence-electron chi connectivity index (χ2n) is 4.31. The highest BCUT2D eigenvalue weighted by Crippen LogP contribution is 2.32. The van der Waals surface area contributed by atoms with Gasteiger partial charge in [0, 0.05) is 10.8 Å². The van der Waals surface area contributed by atoms with Gasteiger partial charge >= 0.3 is 0 Å². The minimum Gasteiger partial charge on any atom is -0.334 e. The lowest BCUT2D eigenvalue weighted by Gasteiger charge is -2.15. The van der Waals surface area contributed by atoms with Crippen LogP contribution < -0.4 is 5.32 Å². The Morgan fingerprint density at radius 2 is 2.24 bits per heavy atom. The van der Waals surface area contributed by atoms with Crippen LogP contribution in [0.3, 0.4) is 0 Å². The van der Waals surface area contributed by atoms with E-state index in [0.717, 1.165) is 23.0 Å². The summed E-state index contributed by atoms with van der Waals surface area (Å²) in [4.78, 5) is 4.67. The molecule has 0 spiro atoms. The number of benzene rings is 1. The average Bonchev–Trinajstić information content (AvgIpc) is 2.66. The summed E-state index contributed by atoms with van der Waals surface area (Å²) in [6.45, 7) is 4.32. The molecule has 0 fully saturated rings. The Bertz CT molecular complexity index is 462. The van der Waals surface area contributed by atoms with Crippen molar-refractivity contribution in [3.8, 4) is 0 Å².